The van der Waals surface area contributed by atoms with E-state index in [2.05, 4.69) is 5.32 Å². The van der Waals surface area contributed by atoms with E-state index in [0.717, 1.165) is 13.1 Å². The molecule has 0 spiro atoms. The van der Waals surface area contributed by atoms with Crippen molar-refractivity contribution in [2.24, 2.45) is 11.5 Å². The number of phenols is 1. The second kappa shape index (κ2) is 13.4. The summed E-state index contributed by atoms with van der Waals surface area (Å²) >= 11 is 27.9. The Morgan fingerprint density at radius 3 is 1.35 bits per heavy atom. The summed E-state index contributed by atoms with van der Waals surface area (Å²) in [5.41, 5.74) is 10.3. The fourth-order valence-corrected chi connectivity index (χ4v) is 2.05. The van der Waals surface area contributed by atoms with Gasteiger partial charge in [0.1, 0.15) is 10.0 Å². The third-order valence-electron chi connectivity index (χ3n) is 1.83. The Kier molecular flexibility index (Phi) is 16.3. The summed E-state index contributed by atoms with van der Waals surface area (Å²) in [6, 6.07) is 0. The summed E-state index contributed by atoms with van der Waals surface area (Å²) in [5, 5.41) is 12.0. The summed E-state index contributed by atoms with van der Waals surface area (Å²) in [5.74, 6) is -0.363. The van der Waals surface area contributed by atoms with Crippen LogP contribution in [0.25, 0.3) is 0 Å². The molecule has 0 atom stereocenters. The van der Waals surface area contributed by atoms with Crippen molar-refractivity contribution in [1.29, 1.82) is 0 Å². The molecule has 1 aromatic carbocycles. The second-order valence-electron chi connectivity index (χ2n) is 3.25. The van der Waals surface area contributed by atoms with Crippen molar-refractivity contribution < 1.29 is 5.11 Å². The number of phenolic OH excluding ortho intramolecular Hbond substituents is 1. The number of halogens is 5. The molecule has 4 nitrogen and oxygen atoms in total. The molecule has 20 heavy (non-hydrogen) atoms. The molecule has 0 bridgehead atoms. The van der Waals surface area contributed by atoms with E-state index < -0.39 is 0 Å². The Labute approximate surface area is 185 Å². The molecular formula is C10H15Cl5KN3O. The summed E-state index contributed by atoms with van der Waals surface area (Å²) in [6.45, 7) is 3.13. The van der Waals surface area contributed by atoms with Crippen LogP contribution in [-0.2, 0) is 0 Å². The van der Waals surface area contributed by atoms with Crippen LogP contribution in [0.15, 0.2) is 0 Å². The Balaban J connectivity index is 0. The van der Waals surface area contributed by atoms with Gasteiger partial charge in [0.2, 0.25) is 0 Å². The van der Waals surface area contributed by atoms with Crippen LogP contribution >= 0.6 is 58.0 Å². The molecule has 0 saturated heterocycles. The van der Waals surface area contributed by atoms with Crippen molar-refractivity contribution in [3.8, 4) is 5.75 Å². The van der Waals surface area contributed by atoms with Gasteiger partial charge in [0.05, 0.1) is 15.1 Å². The zero-order chi connectivity index (χ0) is 15.0. The van der Waals surface area contributed by atoms with Gasteiger partial charge in [-0.1, -0.05) is 58.0 Å². The summed E-state index contributed by atoms with van der Waals surface area (Å²) in [6.07, 6.45) is 0. The Bertz CT molecular complexity index is 313. The first-order valence-corrected chi connectivity index (χ1v) is 7.08. The first-order valence-electron chi connectivity index (χ1n) is 5.19. The van der Waals surface area contributed by atoms with Crippen LogP contribution in [0.3, 0.4) is 0 Å². The topological polar surface area (TPSA) is 84.3 Å². The maximum atomic E-state index is 9.20. The number of benzene rings is 1. The second-order valence-corrected chi connectivity index (χ2v) is 5.14. The molecule has 0 unspecified atom stereocenters. The van der Waals surface area contributed by atoms with E-state index in [9.17, 15) is 5.11 Å². The summed E-state index contributed by atoms with van der Waals surface area (Å²) in [7, 11) is 0. The van der Waals surface area contributed by atoms with Gasteiger partial charge in [-0.05, 0) is 0 Å². The molecule has 0 saturated carbocycles. The van der Waals surface area contributed by atoms with E-state index in [4.69, 9.17) is 69.5 Å². The van der Waals surface area contributed by atoms with E-state index >= 15 is 0 Å². The first-order chi connectivity index (χ1) is 8.88. The van der Waals surface area contributed by atoms with Crippen LogP contribution < -0.4 is 16.8 Å². The van der Waals surface area contributed by atoms with Crippen LogP contribution in [0.4, 0.5) is 0 Å². The van der Waals surface area contributed by atoms with E-state index in [1.807, 2.05) is 0 Å². The van der Waals surface area contributed by atoms with E-state index in [1.54, 1.807) is 0 Å². The number of nitrogens with one attached hydrogen (secondary N) is 1. The van der Waals surface area contributed by atoms with Crippen molar-refractivity contribution >= 4 is 109 Å². The molecule has 0 fully saturated rings. The van der Waals surface area contributed by atoms with Crippen molar-refractivity contribution in [3.05, 3.63) is 25.1 Å². The van der Waals surface area contributed by atoms with Crippen molar-refractivity contribution in [2.45, 2.75) is 0 Å². The van der Waals surface area contributed by atoms with Crippen molar-refractivity contribution in [1.82, 2.24) is 5.32 Å². The Hall–Kier alpha value is 1.99. The minimum absolute atomic E-state index is 0. The summed E-state index contributed by atoms with van der Waals surface area (Å²) < 4.78 is 0. The number of rotatable bonds is 4. The molecule has 0 aliphatic rings. The van der Waals surface area contributed by atoms with Gasteiger partial charge in [-0.2, -0.15) is 0 Å². The number of hydrogen-bond donors (Lipinski definition) is 4. The summed E-state index contributed by atoms with van der Waals surface area (Å²) in [4.78, 5) is 0. The molecule has 6 N–H and O–H groups in total. The zero-order valence-corrected chi connectivity index (χ0v) is 13.6. The molecule has 0 radical (unpaired) electrons. The van der Waals surface area contributed by atoms with Crippen LogP contribution in [0.2, 0.25) is 25.1 Å². The fraction of sp³-hybridized carbons (Fsp3) is 0.400. The van der Waals surface area contributed by atoms with Gasteiger partial charge in [-0.3, -0.25) is 0 Å². The van der Waals surface area contributed by atoms with Crippen LogP contribution in [0, 0.1) is 0 Å². The molecule has 0 aliphatic carbocycles. The van der Waals surface area contributed by atoms with E-state index in [0.29, 0.717) is 13.1 Å². The van der Waals surface area contributed by atoms with Gasteiger partial charge in [-0.15, -0.1) is 0 Å². The van der Waals surface area contributed by atoms with Crippen LogP contribution in [0.1, 0.15) is 0 Å². The van der Waals surface area contributed by atoms with Gasteiger partial charge < -0.3 is 21.9 Å². The molecular weight excluding hydrogens is 394 g/mol. The number of aromatic hydroxyl groups is 1. The Morgan fingerprint density at radius 2 is 1.05 bits per heavy atom. The maximum absolute atomic E-state index is 9.20. The van der Waals surface area contributed by atoms with Gasteiger partial charge in [0.25, 0.3) is 0 Å². The quantitative estimate of drug-likeness (QED) is 0.266. The fourth-order valence-electron chi connectivity index (χ4n) is 0.922. The number of hydrogen-bond acceptors (Lipinski definition) is 4. The van der Waals surface area contributed by atoms with E-state index in [-0.39, 0.29) is 82.2 Å². The van der Waals surface area contributed by atoms with Gasteiger partial charge >= 0.3 is 51.4 Å². The molecule has 112 valence electrons. The van der Waals surface area contributed by atoms with E-state index in [1.165, 1.54) is 0 Å². The van der Waals surface area contributed by atoms with Crippen molar-refractivity contribution in [2.75, 3.05) is 26.2 Å². The molecule has 0 aliphatic heterocycles. The molecule has 1 aromatic rings. The number of nitrogens with two attached hydrogens (primary N) is 2. The van der Waals surface area contributed by atoms with Gasteiger partial charge in [0, 0.05) is 26.2 Å². The first kappa shape index (κ1) is 24.2. The average molecular weight is 410 g/mol. The monoisotopic (exact) mass is 407 g/mol. The molecule has 10 heteroatoms. The van der Waals surface area contributed by atoms with Gasteiger partial charge in [0.15, 0.2) is 5.75 Å². The van der Waals surface area contributed by atoms with Gasteiger partial charge in [-0.25, -0.2) is 0 Å². The van der Waals surface area contributed by atoms with Crippen LogP contribution in [0.5, 0.6) is 5.75 Å². The third-order valence-corrected chi connectivity index (χ3v) is 4.09. The molecule has 0 amide bonds. The average Bonchev–Trinajstić information content (AvgIpc) is 2.42. The predicted octanol–water partition coefficient (Wildman–Crippen LogP) is 2.50. The zero-order valence-electron chi connectivity index (χ0n) is 9.82. The minimum atomic E-state index is -0.363. The normalized spacial score (nSPS) is 9.55. The molecule has 0 heterocycles. The van der Waals surface area contributed by atoms with Crippen LogP contribution in [-0.4, -0.2) is 82.7 Å². The SMILES string of the molecule is NCCNCCN.Oc1c(Cl)c(Cl)c(Cl)c(Cl)c1Cl.[KH]. The third kappa shape index (κ3) is 8.01. The van der Waals surface area contributed by atoms with Crippen molar-refractivity contribution in [3.63, 3.8) is 0 Å². The predicted molar refractivity (Wildman–Crippen MR) is 91.3 cm³/mol. The Morgan fingerprint density at radius 1 is 0.750 bits per heavy atom. The molecule has 0 aromatic heterocycles. The molecule has 1 rings (SSSR count). The standard InChI is InChI=1S/C6HCl5O.C4H13N3.K.H/c7-1-2(8)4(10)6(12)5(11)3(1)9;5-1-3-7-4-2-6;;/h12H;7H,1-6H2;;.